The lowest BCUT2D eigenvalue weighted by molar-refractivity contribution is -0.143. The van der Waals surface area contributed by atoms with E-state index in [4.69, 9.17) is 0 Å². The third kappa shape index (κ3) is 5.43. The number of imide groups is 2. The molecule has 172 valence electrons. The van der Waals surface area contributed by atoms with Gasteiger partial charge in [0.05, 0.1) is 17.3 Å². The summed E-state index contributed by atoms with van der Waals surface area (Å²) in [7, 11) is 0. The van der Waals surface area contributed by atoms with Crippen molar-refractivity contribution in [2.24, 2.45) is 0 Å². The third-order valence-corrected chi connectivity index (χ3v) is 5.27. The van der Waals surface area contributed by atoms with E-state index >= 15 is 0 Å². The average molecular weight is 450 g/mol. The van der Waals surface area contributed by atoms with Gasteiger partial charge in [0.15, 0.2) is 0 Å². The molecule has 1 unspecified atom stereocenters. The number of nitrogens with one attached hydrogen (secondary N) is 2. The Morgan fingerprint density at radius 2 is 1.55 bits per heavy atom. The number of urea groups is 1. The van der Waals surface area contributed by atoms with Crippen molar-refractivity contribution in [2.45, 2.75) is 32.7 Å². The molecule has 1 heterocycles. The van der Waals surface area contributed by atoms with E-state index in [1.807, 2.05) is 44.2 Å². The van der Waals surface area contributed by atoms with Gasteiger partial charge in [-0.1, -0.05) is 55.8 Å². The fourth-order valence-corrected chi connectivity index (χ4v) is 3.43. The average Bonchev–Trinajstić information content (AvgIpc) is 3.01. The van der Waals surface area contributed by atoms with Gasteiger partial charge in [0.2, 0.25) is 5.91 Å². The van der Waals surface area contributed by atoms with Crippen LogP contribution >= 0.6 is 0 Å². The van der Waals surface area contributed by atoms with Gasteiger partial charge in [0.25, 0.3) is 5.91 Å². The Morgan fingerprint density at radius 1 is 0.909 bits per heavy atom. The Balaban J connectivity index is 1.67. The van der Waals surface area contributed by atoms with Crippen molar-refractivity contribution in [3.05, 3.63) is 65.7 Å². The zero-order valence-corrected chi connectivity index (χ0v) is 18.5. The van der Waals surface area contributed by atoms with Crippen LogP contribution in [0.15, 0.2) is 54.6 Å². The van der Waals surface area contributed by atoms with Crippen LogP contribution in [0.25, 0.3) is 0 Å². The van der Waals surface area contributed by atoms with Crippen molar-refractivity contribution in [3.8, 4) is 0 Å². The Morgan fingerprint density at radius 3 is 2.24 bits per heavy atom. The number of nitrogens with zero attached hydrogens (tertiary/aromatic N) is 2. The van der Waals surface area contributed by atoms with Crippen LogP contribution in [0.5, 0.6) is 0 Å². The molecule has 0 aliphatic carbocycles. The molecule has 9 nitrogen and oxygen atoms in total. The molecule has 2 aromatic carbocycles. The van der Waals surface area contributed by atoms with E-state index in [2.05, 4.69) is 10.6 Å². The number of amides is 6. The van der Waals surface area contributed by atoms with Gasteiger partial charge in [0.1, 0.15) is 6.54 Å². The van der Waals surface area contributed by atoms with Crippen LogP contribution in [-0.2, 0) is 14.4 Å². The highest BCUT2D eigenvalue weighted by Gasteiger charge is 2.44. The van der Waals surface area contributed by atoms with Gasteiger partial charge < -0.3 is 10.6 Å². The minimum absolute atomic E-state index is 0.126. The summed E-state index contributed by atoms with van der Waals surface area (Å²) in [5.41, 5.74) is 1.39. The largest absolute Gasteiger partial charge is 0.345 e. The normalized spacial score (nSPS) is 14.4. The number of benzene rings is 2. The summed E-state index contributed by atoms with van der Waals surface area (Å²) < 4.78 is 0. The molecule has 0 spiro atoms. The molecule has 0 bridgehead atoms. The summed E-state index contributed by atoms with van der Waals surface area (Å²) in [4.78, 5) is 63.6. The number of rotatable bonds is 9. The third-order valence-electron chi connectivity index (χ3n) is 5.27. The first-order valence-electron chi connectivity index (χ1n) is 10.8. The van der Waals surface area contributed by atoms with Crippen LogP contribution in [0.4, 0.5) is 10.5 Å². The molecule has 2 aromatic rings. The molecule has 1 fully saturated rings. The lowest BCUT2D eigenvalue weighted by atomic mass is 10.1. The zero-order valence-electron chi connectivity index (χ0n) is 18.5. The molecule has 1 atom stereocenters. The van der Waals surface area contributed by atoms with Crippen molar-refractivity contribution < 1.29 is 24.0 Å². The van der Waals surface area contributed by atoms with Crippen molar-refractivity contribution in [1.82, 2.24) is 15.1 Å². The molecule has 3 rings (SSSR count). The monoisotopic (exact) mass is 450 g/mol. The Labute approximate surface area is 191 Å². The second-order valence-electron chi connectivity index (χ2n) is 7.68. The van der Waals surface area contributed by atoms with E-state index < -0.39 is 36.2 Å². The van der Waals surface area contributed by atoms with Gasteiger partial charge in [-0.25, -0.2) is 9.69 Å². The van der Waals surface area contributed by atoms with Crippen LogP contribution in [0, 0.1) is 0 Å². The molecule has 1 aliphatic heterocycles. The smallest absolute Gasteiger partial charge is 0.334 e. The minimum Gasteiger partial charge on any atom is -0.345 e. The van der Waals surface area contributed by atoms with Gasteiger partial charge in [0, 0.05) is 6.54 Å². The maximum atomic E-state index is 12.8. The SMILES string of the molecule is CCCCN1C(=O)C(=O)N(CC(=O)Nc2ccccc2C(=O)NC(C)c2ccccc2)C1=O. The van der Waals surface area contributed by atoms with Crippen molar-refractivity contribution >= 4 is 35.3 Å². The molecular weight excluding hydrogens is 424 g/mol. The summed E-state index contributed by atoms with van der Waals surface area (Å²) in [5, 5.41) is 5.45. The second-order valence-corrected chi connectivity index (χ2v) is 7.68. The van der Waals surface area contributed by atoms with E-state index in [-0.39, 0.29) is 23.8 Å². The maximum Gasteiger partial charge on any atom is 0.334 e. The summed E-state index contributed by atoms with van der Waals surface area (Å²) in [6, 6.07) is 14.8. The fourth-order valence-electron chi connectivity index (χ4n) is 3.43. The Kier molecular flexibility index (Phi) is 7.55. The lowest BCUT2D eigenvalue weighted by Gasteiger charge is -2.17. The van der Waals surface area contributed by atoms with Crippen LogP contribution in [-0.4, -0.2) is 52.5 Å². The zero-order chi connectivity index (χ0) is 24.0. The first kappa shape index (κ1) is 23.6. The van der Waals surface area contributed by atoms with E-state index in [0.29, 0.717) is 11.3 Å². The summed E-state index contributed by atoms with van der Waals surface area (Å²) >= 11 is 0. The van der Waals surface area contributed by atoms with Gasteiger partial charge in [-0.05, 0) is 31.0 Å². The predicted molar refractivity (Wildman–Crippen MR) is 121 cm³/mol. The number of para-hydroxylation sites is 1. The molecule has 0 radical (unpaired) electrons. The van der Waals surface area contributed by atoms with Gasteiger partial charge in [-0.3, -0.25) is 24.1 Å². The minimum atomic E-state index is -1.03. The summed E-state index contributed by atoms with van der Waals surface area (Å²) in [5.74, 6) is -3.06. The van der Waals surface area contributed by atoms with Crippen molar-refractivity contribution in [2.75, 3.05) is 18.4 Å². The number of carbonyl (C=O) groups is 5. The van der Waals surface area contributed by atoms with Gasteiger partial charge in [-0.2, -0.15) is 0 Å². The molecule has 2 N–H and O–H groups in total. The Bertz CT molecular complexity index is 1070. The van der Waals surface area contributed by atoms with E-state index in [1.165, 1.54) is 0 Å². The molecule has 9 heteroatoms. The van der Waals surface area contributed by atoms with Crippen molar-refractivity contribution in [1.29, 1.82) is 0 Å². The first-order valence-corrected chi connectivity index (χ1v) is 10.8. The van der Waals surface area contributed by atoms with Crippen LogP contribution < -0.4 is 10.6 Å². The quantitative estimate of drug-likeness (QED) is 0.450. The molecule has 1 saturated heterocycles. The highest BCUT2D eigenvalue weighted by molar-refractivity contribution is 6.45. The molecular formula is C24H26N4O5. The predicted octanol–water partition coefficient (Wildman–Crippen LogP) is 2.71. The molecule has 0 saturated carbocycles. The van der Waals surface area contributed by atoms with Gasteiger partial charge in [-0.15, -0.1) is 0 Å². The number of hydrogen-bond acceptors (Lipinski definition) is 5. The fraction of sp³-hybridized carbons (Fsp3) is 0.292. The topological polar surface area (TPSA) is 116 Å². The Hall–Kier alpha value is -4.01. The highest BCUT2D eigenvalue weighted by atomic mass is 16.2. The van der Waals surface area contributed by atoms with E-state index in [0.717, 1.165) is 16.9 Å². The molecule has 6 amide bonds. The highest BCUT2D eigenvalue weighted by Crippen LogP contribution is 2.19. The van der Waals surface area contributed by atoms with Crippen molar-refractivity contribution in [3.63, 3.8) is 0 Å². The van der Waals surface area contributed by atoms with E-state index in [1.54, 1.807) is 24.3 Å². The first-order chi connectivity index (χ1) is 15.8. The maximum absolute atomic E-state index is 12.8. The molecule has 33 heavy (non-hydrogen) atoms. The molecule has 1 aliphatic rings. The summed E-state index contributed by atoms with van der Waals surface area (Å²) in [6.45, 7) is 3.25. The van der Waals surface area contributed by atoms with Crippen LogP contribution in [0.1, 0.15) is 48.7 Å². The van der Waals surface area contributed by atoms with Crippen LogP contribution in [0.3, 0.4) is 0 Å². The standard InChI is InChI=1S/C24H26N4O5/c1-3-4-14-27-22(31)23(32)28(24(27)33)15-20(29)26-19-13-9-8-12-18(19)21(30)25-16(2)17-10-6-5-7-11-17/h5-13,16H,3-4,14-15H2,1-2H3,(H,25,30)(H,26,29). The van der Waals surface area contributed by atoms with Gasteiger partial charge >= 0.3 is 17.8 Å². The van der Waals surface area contributed by atoms with E-state index in [9.17, 15) is 24.0 Å². The lowest BCUT2D eigenvalue weighted by Crippen LogP contribution is -2.39. The van der Waals surface area contributed by atoms with Crippen LogP contribution in [0.2, 0.25) is 0 Å². The number of hydrogen-bond donors (Lipinski definition) is 2. The second kappa shape index (κ2) is 10.5. The number of carbonyl (C=O) groups excluding carboxylic acids is 5. The number of unbranched alkanes of at least 4 members (excludes halogenated alkanes) is 1. The molecule has 0 aromatic heterocycles. The number of anilines is 1. The summed E-state index contributed by atoms with van der Waals surface area (Å²) in [6.07, 6.45) is 1.31.